The summed E-state index contributed by atoms with van der Waals surface area (Å²) < 4.78 is 5.62. The average Bonchev–Trinajstić information content (AvgIpc) is 2.50. The lowest BCUT2D eigenvalue weighted by atomic mass is 10.0. The lowest BCUT2D eigenvalue weighted by Crippen LogP contribution is -2.48. The maximum Gasteiger partial charge on any atom is 0.233 e. The van der Waals surface area contributed by atoms with Crippen LogP contribution >= 0.6 is 11.6 Å². The Labute approximate surface area is 140 Å². The number of likely N-dealkylation sites (tertiary alicyclic amines) is 1. The molecule has 2 aromatic heterocycles. The Morgan fingerprint density at radius 3 is 2.61 bits per heavy atom. The van der Waals surface area contributed by atoms with Crippen LogP contribution in [0.2, 0.25) is 5.15 Å². The van der Waals surface area contributed by atoms with Crippen molar-refractivity contribution in [3.63, 3.8) is 0 Å². The van der Waals surface area contributed by atoms with E-state index < -0.39 is 0 Å². The van der Waals surface area contributed by atoms with Gasteiger partial charge in [-0.15, -0.1) is 0 Å². The van der Waals surface area contributed by atoms with Crippen LogP contribution in [0, 0.1) is 5.92 Å². The first-order chi connectivity index (χ1) is 11.1. The molecule has 1 aliphatic heterocycles. The highest BCUT2D eigenvalue weighted by molar-refractivity contribution is 6.29. The topological polar surface area (TPSA) is 67.3 Å². The van der Waals surface area contributed by atoms with Gasteiger partial charge >= 0.3 is 0 Å². The van der Waals surface area contributed by atoms with Crippen LogP contribution < -0.4 is 9.64 Å². The quantitative estimate of drug-likeness (QED) is 0.793. The van der Waals surface area contributed by atoms with E-state index in [4.69, 9.17) is 16.3 Å². The van der Waals surface area contributed by atoms with E-state index in [0.717, 1.165) is 31.1 Å². The van der Waals surface area contributed by atoms with Crippen LogP contribution in [0.3, 0.4) is 0 Å². The molecule has 0 aliphatic carbocycles. The van der Waals surface area contributed by atoms with Crippen LogP contribution in [-0.4, -0.2) is 58.6 Å². The average molecular weight is 335 g/mol. The number of hydrogen-bond donors (Lipinski definition) is 0. The summed E-state index contributed by atoms with van der Waals surface area (Å²) in [7, 11) is 3.86. The molecule has 1 aliphatic rings. The molecule has 0 spiro atoms. The van der Waals surface area contributed by atoms with Crippen LogP contribution in [0.1, 0.15) is 5.56 Å². The molecule has 0 radical (unpaired) electrons. The number of anilines is 1. The van der Waals surface area contributed by atoms with E-state index >= 15 is 0 Å². The molecule has 3 rings (SSSR count). The van der Waals surface area contributed by atoms with Crippen molar-refractivity contribution in [2.45, 2.75) is 6.54 Å². The van der Waals surface area contributed by atoms with Crippen molar-refractivity contribution in [1.29, 1.82) is 0 Å². The molecular weight excluding hydrogens is 316 g/mol. The minimum atomic E-state index is 0.346. The third kappa shape index (κ3) is 4.27. The van der Waals surface area contributed by atoms with Crippen LogP contribution in [0.25, 0.3) is 0 Å². The van der Waals surface area contributed by atoms with E-state index in [1.807, 2.05) is 31.4 Å². The first-order valence-corrected chi connectivity index (χ1v) is 7.79. The lowest BCUT2D eigenvalue weighted by Gasteiger charge is -2.38. The minimum Gasteiger partial charge on any atom is -0.476 e. The highest BCUT2D eigenvalue weighted by atomic mass is 35.5. The molecule has 0 saturated carbocycles. The van der Waals surface area contributed by atoms with Crippen molar-refractivity contribution in [3.05, 3.63) is 35.5 Å². The third-order valence-corrected chi connectivity index (χ3v) is 3.76. The van der Waals surface area contributed by atoms with Crippen molar-refractivity contribution in [2.75, 3.05) is 38.7 Å². The Morgan fingerprint density at radius 2 is 1.96 bits per heavy atom. The van der Waals surface area contributed by atoms with Crippen LogP contribution in [0.4, 0.5) is 5.95 Å². The molecule has 1 fully saturated rings. The second-order valence-corrected chi connectivity index (χ2v) is 6.22. The van der Waals surface area contributed by atoms with Gasteiger partial charge in [0.15, 0.2) is 5.15 Å². The molecule has 23 heavy (non-hydrogen) atoms. The molecule has 8 heteroatoms. The van der Waals surface area contributed by atoms with Crippen LogP contribution in [-0.2, 0) is 6.54 Å². The van der Waals surface area contributed by atoms with Gasteiger partial charge in [0.25, 0.3) is 0 Å². The smallest absolute Gasteiger partial charge is 0.233 e. The maximum atomic E-state index is 5.78. The Bertz CT molecular complexity index is 645. The van der Waals surface area contributed by atoms with E-state index in [2.05, 4.69) is 24.8 Å². The number of halogens is 1. The van der Waals surface area contributed by atoms with Gasteiger partial charge in [0.05, 0.1) is 19.0 Å². The zero-order chi connectivity index (χ0) is 16.2. The summed E-state index contributed by atoms with van der Waals surface area (Å²) in [4.78, 5) is 20.9. The molecule has 3 heterocycles. The zero-order valence-corrected chi connectivity index (χ0v) is 13.9. The Hall–Kier alpha value is -1.99. The number of ether oxygens (including phenoxy) is 1. The van der Waals surface area contributed by atoms with Gasteiger partial charge < -0.3 is 9.64 Å². The molecule has 0 N–H and O–H groups in total. The molecular formula is C15H19ClN6O. The van der Waals surface area contributed by atoms with Crippen LogP contribution in [0.15, 0.2) is 24.8 Å². The molecule has 122 valence electrons. The normalized spacial score (nSPS) is 15.3. The predicted molar refractivity (Wildman–Crippen MR) is 87.7 cm³/mol. The van der Waals surface area contributed by atoms with E-state index in [0.29, 0.717) is 23.6 Å². The van der Waals surface area contributed by atoms with Gasteiger partial charge in [0, 0.05) is 57.6 Å². The standard InChI is InChI=1S/C15H19ClN6O/c1-21(2)15-18-3-11(4-19-15)7-22-8-12(9-22)10-23-14-6-17-5-13(16)20-14/h3-6,12H,7-10H2,1-2H3. The van der Waals surface area contributed by atoms with E-state index in [-0.39, 0.29) is 0 Å². The zero-order valence-electron chi connectivity index (χ0n) is 13.2. The minimum absolute atomic E-state index is 0.346. The molecule has 0 aromatic carbocycles. The molecule has 2 aromatic rings. The summed E-state index contributed by atoms with van der Waals surface area (Å²) in [6, 6.07) is 0. The van der Waals surface area contributed by atoms with E-state index in [1.54, 1.807) is 6.20 Å². The van der Waals surface area contributed by atoms with E-state index in [9.17, 15) is 0 Å². The Balaban J connectivity index is 1.41. The SMILES string of the molecule is CN(C)c1ncc(CN2CC(COc3cncc(Cl)n3)C2)cn1. The fourth-order valence-electron chi connectivity index (χ4n) is 2.43. The molecule has 0 unspecified atom stereocenters. The van der Waals surface area contributed by atoms with Crippen molar-refractivity contribution < 1.29 is 4.74 Å². The Kier molecular flexibility index (Phi) is 4.88. The number of hydrogen-bond acceptors (Lipinski definition) is 7. The fourth-order valence-corrected chi connectivity index (χ4v) is 2.57. The summed E-state index contributed by atoms with van der Waals surface area (Å²) in [6.07, 6.45) is 6.83. The number of nitrogens with zero attached hydrogens (tertiary/aromatic N) is 6. The van der Waals surface area contributed by atoms with Gasteiger partial charge in [-0.25, -0.2) is 9.97 Å². The highest BCUT2D eigenvalue weighted by Gasteiger charge is 2.27. The first-order valence-electron chi connectivity index (χ1n) is 7.41. The second kappa shape index (κ2) is 7.06. The summed E-state index contributed by atoms with van der Waals surface area (Å²) >= 11 is 5.78. The van der Waals surface area contributed by atoms with Gasteiger partial charge in [-0.05, 0) is 0 Å². The molecule has 0 amide bonds. The second-order valence-electron chi connectivity index (χ2n) is 5.84. The third-order valence-electron chi connectivity index (χ3n) is 3.58. The summed E-state index contributed by atoms with van der Waals surface area (Å²) in [5.74, 6) is 1.70. The monoisotopic (exact) mass is 334 g/mol. The summed E-state index contributed by atoms with van der Waals surface area (Å²) in [5, 5.41) is 0.346. The van der Waals surface area contributed by atoms with Crippen molar-refractivity contribution in [1.82, 2.24) is 24.8 Å². The van der Waals surface area contributed by atoms with Crippen molar-refractivity contribution in [2.24, 2.45) is 5.92 Å². The predicted octanol–water partition coefficient (Wildman–Crippen LogP) is 1.50. The van der Waals surface area contributed by atoms with Gasteiger partial charge in [0.2, 0.25) is 11.8 Å². The molecule has 0 atom stereocenters. The molecule has 1 saturated heterocycles. The Morgan fingerprint density at radius 1 is 1.22 bits per heavy atom. The van der Waals surface area contributed by atoms with E-state index in [1.165, 1.54) is 6.20 Å². The van der Waals surface area contributed by atoms with Gasteiger partial charge in [-0.3, -0.25) is 9.88 Å². The summed E-state index contributed by atoms with van der Waals surface area (Å²) in [6.45, 7) is 3.47. The van der Waals surface area contributed by atoms with Gasteiger partial charge in [-0.1, -0.05) is 11.6 Å². The highest BCUT2D eigenvalue weighted by Crippen LogP contribution is 2.20. The number of rotatable bonds is 6. The molecule has 0 bridgehead atoms. The molecule has 7 nitrogen and oxygen atoms in total. The van der Waals surface area contributed by atoms with Crippen molar-refractivity contribution in [3.8, 4) is 5.88 Å². The van der Waals surface area contributed by atoms with Crippen LogP contribution in [0.5, 0.6) is 5.88 Å². The van der Waals surface area contributed by atoms with Crippen molar-refractivity contribution >= 4 is 17.5 Å². The van der Waals surface area contributed by atoms with Gasteiger partial charge in [0.1, 0.15) is 0 Å². The fraction of sp³-hybridized carbons (Fsp3) is 0.467. The van der Waals surface area contributed by atoms with Gasteiger partial charge in [-0.2, -0.15) is 4.98 Å². The maximum absolute atomic E-state index is 5.78. The lowest BCUT2D eigenvalue weighted by molar-refractivity contribution is 0.0541. The number of aromatic nitrogens is 4. The summed E-state index contributed by atoms with van der Waals surface area (Å²) in [5.41, 5.74) is 1.12. The largest absolute Gasteiger partial charge is 0.476 e. The first kappa shape index (κ1) is 15.9.